The Kier molecular flexibility index (Phi) is 6.70. The Balaban J connectivity index is 2.66. The maximum absolute atomic E-state index is 10.7. The molecular weight excluding hydrogens is 304 g/mol. The molecule has 0 amide bonds. The molecule has 1 rings (SSSR count). The van der Waals surface area contributed by atoms with E-state index in [0.29, 0.717) is 34.7 Å². The van der Waals surface area contributed by atoms with Gasteiger partial charge in [0.05, 0.1) is 24.8 Å². The van der Waals surface area contributed by atoms with Crippen molar-refractivity contribution in [3.05, 3.63) is 22.2 Å². The number of halogens is 1. The second-order valence-electron chi connectivity index (χ2n) is 3.32. The van der Waals surface area contributed by atoms with Crippen LogP contribution in [0.2, 0.25) is 0 Å². The van der Waals surface area contributed by atoms with Crippen molar-refractivity contribution in [2.45, 2.75) is 0 Å². The number of hydrogen-bond acceptors (Lipinski definition) is 5. The average Bonchev–Trinajstić information content (AvgIpc) is 2.39. The molecule has 1 aromatic carbocycles. The van der Waals surface area contributed by atoms with Crippen LogP contribution in [0.15, 0.2) is 16.6 Å². The monoisotopic (exact) mass is 318 g/mol. The lowest BCUT2D eigenvalue weighted by molar-refractivity contribution is -0.00979. The molecule has 0 spiro atoms. The normalized spacial score (nSPS) is 10.2. The highest BCUT2D eigenvalue weighted by Crippen LogP contribution is 2.36. The number of carbonyl (C=O) groups is 1. The summed E-state index contributed by atoms with van der Waals surface area (Å²) in [6.07, 6.45) is 0.742. The highest BCUT2D eigenvalue weighted by molar-refractivity contribution is 9.10. The summed E-state index contributed by atoms with van der Waals surface area (Å²) in [5.41, 5.74) is 0.506. The molecule has 100 valence electrons. The summed E-state index contributed by atoms with van der Waals surface area (Å²) < 4.78 is 21.3. The number of carbonyl (C=O) groups excluding carboxylic acids is 1. The van der Waals surface area contributed by atoms with Crippen molar-refractivity contribution in [1.82, 2.24) is 0 Å². The van der Waals surface area contributed by atoms with Crippen LogP contribution in [0, 0.1) is 0 Å². The highest BCUT2D eigenvalue weighted by Gasteiger charge is 2.11. The van der Waals surface area contributed by atoms with E-state index in [0.717, 1.165) is 6.29 Å². The molecule has 0 aliphatic carbocycles. The van der Waals surface area contributed by atoms with Gasteiger partial charge in [-0.1, -0.05) is 0 Å². The first kappa shape index (κ1) is 14.9. The maximum Gasteiger partial charge on any atom is 0.189 e. The first-order chi connectivity index (χ1) is 8.72. The van der Waals surface area contributed by atoms with Crippen LogP contribution in [0.5, 0.6) is 11.5 Å². The van der Waals surface area contributed by atoms with Crippen LogP contribution >= 0.6 is 15.9 Å². The summed E-state index contributed by atoms with van der Waals surface area (Å²) >= 11 is 3.32. The zero-order valence-corrected chi connectivity index (χ0v) is 11.9. The van der Waals surface area contributed by atoms with Crippen LogP contribution in [0.3, 0.4) is 0 Å². The van der Waals surface area contributed by atoms with Gasteiger partial charge < -0.3 is 18.9 Å². The van der Waals surface area contributed by atoms with Gasteiger partial charge in [0.25, 0.3) is 0 Å². The lowest BCUT2D eigenvalue weighted by Crippen LogP contribution is -2.08. The second kappa shape index (κ2) is 8.07. The van der Waals surface area contributed by atoms with Crippen LogP contribution in [0.1, 0.15) is 10.4 Å². The number of methoxy groups -OCH3 is 2. The van der Waals surface area contributed by atoms with Crippen molar-refractivity contribution < 1.29 is 23.7 Å². The molecule has 0 aliphatic heterocycles. The number of aldehydes is 1. The van der Waals surface area contributed by atoms with E-state index in [1.807, 2.05) is 0 Å². The molecular formula is C12H15BrO5. The van der Waals surface area contributed by atoms with Gasteiger partial charge in [-0.25, -0.2) is 0 Å². The summed E-state index contributed by atoms with van der Waals surface area (Å²) in [4.78, 5) is 10.7. The molecule has 18 heavy (non-hydrogen) atoms. The lowest BCUT2D eigenvalue weighted by atomic mass is 10.2. The zero-order valence-electron chi connectivity index (χ0n) is 10.3. The predicted octanol–water partition coefficient (Wildman–Crippen LogP) is 2.27. The summed E-state index contributed by atoms with van der Waals surface area (Å²) in [6, 6.07) is 3.25. The van der Waals surface area contributed by atoms with Gasteiger partial charge in [0.1, 0.15) is 6.29 Å². The Labute approximate surface area is 114 Å². The SMILES string of the molecule is COCCOCOc1c(Br)cc(C=O)cc1OC. The zero-order chi connectivity index (χ0) is 13.4. The number of ether oxygens (including phenoxy) is 4. The molecule has 0 unspecified atom stereocenters. The molecule has 0 atom stereocenters. The van der Waals surface area contributed by atoms with Crippen molar-refractivity contribution in [1.29, 1.82) is 0 Å². The molecule has 0 aliphatic rings. The van der Waals surface area contributed by atoms with Crippen molar-refractivity contribution in [3.8, 4) is 11.5 Å². The van der Waals surface area contributed by atoms with Crippen LogP contribution < -0.4 is 9.47 Å². The quantitative estimate of drug-likeness (QED) is 0.418. The van der Waals surface area contributed by atoms with E-state index in [1.54, 1.807) is 19.2 Å². The van der Waals surface area contributed by atoms with E-state index in [4.69, 9.17) is 18.9 Å². The molecule has 0 heterocycles. The topological polar surface area (TPSA) is 54.0 Å². The van der Waals surface area contributed by atoms with E-state index in [2.05, 4.69) is 15.9 Å². The van der Waals surface area contributed by atoms with Gasteiger partial charge in [-0.2, -0.15) is 0 Å². The molecule has 1 aromatic rings. The molecule has 0 saturated carbocycles. The van der Waals surface area contributed by atoms with Crippen molar-refractivity contribution in [3.63, 3.8) is 0 Å². The lowest BCUT2D eigenvalue weighted by Gasteiger charge is -2.13. The van der Waals surface area contributed by atoms with Gasteiger partial charge in [-0.15, -0.1) is 0 Å². The largest absolute Gasteiger partial charge is 0.493 e. The fraction of sp³-hybridized carbons (Fsp3) is 0.417. The minimum Gasteiger partial charge on any atom is -0.493 e. The number of rotatable bonds is 8. The van der Waals surface area contributed by atoms with Gasteiger partial charge >= 0.3 is 0 Å². The molecule has 0 saturated heterocycles. The molecule has 0 bridgehead atoms. The second-order valence-corrected chi connectivity index (χ2v) is 4.17. The summed E-state index contributed by atoms with van der Waals surface area (Å²) in [5, 5.41) is 0. The molecule has 5 nitrogen and oxygen atoms in total. The first-order valence-electron chi connectivity index (χ1n) is 5.25. The molecule has 0 aromatic heterocycles. The number of benzene rings is 1. The third-order valence-corrected chi connectivity index (χ3v) is 2.70. The van der Waals surface area contributed by atoms with Crippen LogP contribution in [-0.4, -0.2) is 40.5 Å². The van der Waals surface area contributed by atoms with E-state index >= 15 is 0 Å². The maximum atomic E-state index is 10.7. The van der Waals surface area contributed by atoms with Gasteiger partial charge in [-0.05, 0) is 28.1 Å². The number of hydrogen-bond donors (Lipinski definition) is 0. The Hall–Kier alpha value is -1.11. The van der Waals surface area contributed by atoms with E-state index < -0.39 is 0 Å². The molecule has 6 heteroatoms. The van der Waals surface area contributed by atoms with Crippen molar-refractivity contribution in [2.75, 3.05) is 34.2 Å². The standard InChI is InChI=1S/C12H15BrO5/c1-15-3-4-17-8-18-12-10(13)5-9(7-14)6-11(12)16-2/h5-7H,3-4,8H2,1-2H3. The molecule has 0 fully saturated rings. The predicted molar refractivity (Wildman–Crippen MR) is 69.4 cm³/mol. The fourth-order valence-electron chi connectivity index (χ4n) is 1.25. The molecule has 0 N–H and O–H groups in total. The van der Waals surface area contributed by atoms with Gasteiger partial charge in [-0.3, -0.25) is 4.79 Å². The third-order valence-electron chi connectivity index (χ3n) is 2.11. The summed E-state index contributed by atoms with van der Waals surface area (Å²) in [7, 11) is 3.11. The van der Waals surface area contributed by atoms with Crippen LogP contribution in [0.25, 0.3) is 0 Å². The third kappa shape index (κ3) is 4.29. The highest BCUT2D eigenvalue weighted by atomic mass is 79.9. The van der Waals surface area contributed by atoms with Gasteiger partial charge in [0.2, 0.25) is 0 Å². The average molecular weight is 319 g/mol. The molecule has 0 radical (unpaired) electrons. The Morgan fingerprint density at radius 2 is 2.06 bits per heavy atom. The van der Waals surface area contributed by atoms with Crippen molar-refractivity contribution >= 4 is 22.2 Å². The Morgan fingerprint density at radius 1 is 1.28 bits per heavy atom. The summed E-state index contributed by atoms with van der Waals surface area (Å²) in [6.45, 7) is 1.04. The van der Waals surface area contributed by atoms with Gasteiger partial charge in [0, 0.05) is 12.7 Å². The van der Waals surface area contributed by atoms with E-state index in [-0.39, 0.29) is 6.79 Å². The van der Waals surface area contributed by atoms with Crippen LogP contribution in [-0.2, 0) is 9.47 Å². The van der Waals surface area contributed by atoms with Crippen molar-refractivity contribution in [2.24, 2.45) is 0 Å². The van der Waals surface area contributed by atoms with E-state index in [9.17, 15) is 4.79 Å². The minimum absolute atomic E-state index is 0.0821. The van der Waals surface area contributed by atoms with E-state index in [1.165, 1.54) is 7.11 Å². The fourth-order valence-corrected chi connectivity index (χ4v) is 1.82. The summed E-state index contributed by atoms with van der Waals surface area (Å²) in [5.74, 6) is 0.974. The Bertz CT molecular complexity index is 394. The van der Waals surface area contributed by atoms with Gasteiger partial charge in [0.15, 0.2) is 18.3 Å². The minimum atomic E-state index is 0.0821. The Morgan fingerprint density at radius 3 is 2.67 bits per heavy atom. The van der Waals surface area contributed by atoms with Crippen LogP contribution in [0.4, 0.5) is 0 Å². The smallest absolute Gasteiger partial charge is 0.189 e. The first-order valence-corrected chi connectivity index (χ1v) is 6.04.